The molecule has 8 heteroatoms. The van der Waals surface area contributed by atoms with E-state index in [4.69, 9.17) is 4.74 Å². The molecule has 2 saturated heterocycles. The summed E-state index contributed by atoms with van der Waals surface area (Å²) >= 11 is 0. The highest BCUT2D eigenvalue weighted by Crippen LogP contribution is 2.60. The fraction of sp³-hybridized carbons (Fsp3) is 0.613. The smallest absolute Gasteiger partial charge is 0.264 e. The highest BCUT2D eigenvalue weighted by molar-refractivity contribution is 6.72. The van der Waals surface area contributed by atoms with Gasteiger partial charge in [-0.2, -0.15) is 0 Å². The van der Waals surface area contributed by atoms with Gasteiger partial charge in [0, 0.05) is 48.8 Å². The number of anilines is 2. The third kappa shape index (κ3) is 5.65. The van der Waals surface area contributed by atoms with E-state index < -0.39 is 31.6 Å². The highest BCUT2D eigenvalue weighted by atomic mass is 28.4. The fourth-order valence-corrected chi connectivity index (χ4v) is 9.34. The average Bonchev–Trinajstić information content (AvgIpc) is 3.29. The molecule has 1 N–H and O–H groups in total. The number of ether oxygens (including phenoxy) is 1. The van der Waals surface area contributed by atoms with Crippen LogP contribution in [0.1, 0.15) is 71.8 Å². The van der Waals surface area contributed by atoms with Gasteiger partial charge in [-0.05, 0) is 84.2 Å². The molecule has 1 spiro atoms. The van der Waals surface area contributed by atoms with E-state index in [0.29, 0.717) is 19.5 Å². The Morgan fingerprint density at radius 3 is 2.59 bits per heavy atom. The van der Waals surface area contributed by atoms with Crippen molar-refractivity contribution in [1.82, 2.24) is 0 Å². The predicted molar refractivity (Wildman–Crippen MR) is 157 cm³/mol. The van der Waals surface area contributed by atoms with Gasteiger partial charge in [0.15, 0.2) is 5.60 Å². The van der Waals surface area contributed by atoms with E-state index in [1.807, 2.05) is 25.1 Å². The molecule has 6 nitrogen and oxygen atoms in total. The van der Waals surface area contributed by atoms with Crippen molar-refractivity contribution in [3.05, 3.63) is 47.1 Å². The summed E-state index contributed by atoms with van der Waals surface area (Å²) in [6.45, 7) is 12.4. The van der Waals surface area contributed by atoms with E-state index in [-0.39, 0.29) is 24.8 Å². The number of carbonyl (C=O) groups is 2. The number of hydrogen-bond acceptors (Lipinski definition) is 4. The molecule has 3 heterocycles. The normalized spacial score (nSPS) is 27.5. The number of aliphatic hydroxyl groups excluding tert-OH is 1. The maximum atomic E-state index is 15.8. The minimum absolute atomic E-state index is 0.0834. The number of aliphatic hydroxyl groups is 1. The number of fused-ring (bicyclic) bond motifs is 2. The molecule has 2 amide bonds. The Bertz CT molecular complexity index is 1160. The SMILES string of the molecule is CC(C)=CCC/C(C)=C/CN1C(=O)[C@]2(O[C@H](CCO)[C@@H]([Si](C)(C)F)[C@@H]2C)c2cc(N3CCCCC3=O)ccc21. The molecule has 3 aliphatic rings. The second-order valence-corrected chi connectivity index (χ2v) is 16.1. The van der Waals surface area contributed by atoms with Gasteiger partial charge in [-0.15, -0.1) is 0 Å². The minimum Gasteiger partial charge on any atom is -0.396 e. The molecule has 3 aliphatic heterocycles. The van der Waals surface area contributed by atoms with Crippen LogP contribution in [0.2, 0.25) is 18.6 Å². The number of allylic oxidation sites excluding steroid dienone is 3. The van der Waals surface area contributed by atoms with Gasteiger partial charge in [-0.25, -0.2) is 0 Å². The number of carbonyl (C=O) groups excluding carboxylic acids is 2. The van der Waals surface area contributed by atoms with Gasteiger partial charge < -0.3 is 23.8 Å². The van der Waals surface area contributed by atoms with Gasteiger partial charge in [0.1, 0.15) is 0 Å². The van der Waals surface area contributed by atoms with Crippen molar-refractivity contribution in [2.24, 2.45) is 5.92 Å². The van der Waals surface area contributed by atoms with Crippen LogP contribution < -0.4 is 9.80 Å². The van der Waals surface area contributed by atoms with Crippen molar-refractivity contribution in [3.63, 3.8) is 0 Å². The summed E-state index contributed by atoms with van der Waals surface area (Å²) in [4.78, 5) is 30.7. The van der Waals surface area contributed by atoms with Crippen molar-refractivity contribution < 1.29 is 23.5 Å². The summed E-state index contributed by atoms with van der Waals surface area (Å²) in [6, 6.07) is 5.78. The van der Waals surface area contributed by atoms with Crippen molar-refractivity contribution in [2.45, 2.75) is 96.6 Å². The van der Waals surface area contributed by atoms with Crippen molar-refractivity contribution in [3.8, 4) is 0 Å². The summed E-state index contributed by atoms with van der Waals surface area (Å²) in [5.41, 5.74) is 2.94. The molecule has 0 bridgehead atoms. The van der Waals surface area contributed by atoms with Crippen LogP contribution in [-0.2, 0) is 19.9 Å². The number of piperidine rings is 1. The van der Waals surface area contributed by atoms with Gasteiger partial charge in [0.05, 0.1) is 11.8 Å². The van der Waals surface area contributed by atoms with Crippen LogP contribution in [0.15, 0.2) is 41.5 Å². The number of benzene rings is 1. The molecule has 4 rings (SSSR count). The van der Waals surface area contributed by atoms with Gasteiger partial charge in [-0.1, -0.05) is 30.2 Å². The lowest BCUT2D eigenvalue weighted by atomic mass is 9.82. The van der Waals surface area contributed by atoms with Crippen LogP contribution in [0.4, 0.5) is 15.5 Å². The van der Waals surface area contributed by atoms with E-state index in [2.05, 4.69) is 32.9 Å². The quantitative estimate of drug-likeness (QED) is 0.217. The van der Waals surface area contributed by atoms with Crippen LogP contribution in [0.5, 0.6) is 0 Å². The number of nitrogens with zero attached hydrogens (tertiary/aromatic N) is 2. The Kier molecular flexibility index (Phi) is 8.88. The lowest BCUT2D eigenvalue weighted by molar-refractivity contribution is -0.146. The molecule has 4 atom stereocenters. The molecule has 39 heavy (non-hydrogen) atoms. The topological polar surface area (TPSA) is 70.1 Å². The first-order valence-corrected chi connectivity index (χ1v) is 17.4. The molecule has 0 aliphatic carbocycles. The first-order chi connectivity index (χ1) is 18.4. The van der Waals surface area contributed by atoms with Crippen LogP contribution in [-0.4, -0.2) is 51.1 Å². The van der Waals surface area contributed by atoms with Gasteiger partial charge in [0.25, 0.3) is 5.91 Å². The summed E-state index contributed by atoms with van der Waals surface area (Å²) in [6.07, 6.45) is 8.25. The third-order valence-electron chi connectivity index (χ3n) is 8.71. The standard InChI is InChI=1S/C31H45FN2O4Si/c1-21(2)10-9-11-22(3)15-18-34-26-14-13-24(33-17-8-7-12-28(33)36)20-25(26)31(30(34)37)23(4)29(39(5,6)32)27(38-31)16-19-35/h10,13-15,20,23,27,29,35H,7-9,11-12,16-19H2,1-6H3/b22-15+/t23-,27+,29-,31+/m0/s1. The van der Waals surface area contributed by atoms with Crippen LogP contribution in [0.3, 0.4) is 0 Å². The van der Waals surface area contributed by atoms with Gasteiger partial charge >= 0.3 is 0 Å². The van der Waals surface area contributed by atoms with E-state index in [1.165, 1.54) is 11.1 Å². The van der Waals surface area contributed by atoms with Crippen molar-refractivity contribution in [2.75, 3.05) is 29.5 Å². The number of halogens is 1. The van der Waals surface area contributed by atoms with E-state index in [1.54, 1.807) is 22.9 Å². The Morgan fingerprint density at radius 1 is 1.21 bits per heavy atom. The van der Waals surface area contributed by atoms with Crippen LogP contribution in [0, 0.1) is 5.92 Å². The number of rotatable bonds is 9. The minimum atomic E-state index is -3.26. The zero-order valence-electron chi connectivity index (χ0n) is 24.4. The molecule has 0 radical (unpaired) electrons. The zero-order valence-corrected chi connectivity index (χ0v) is 25.4. The molecule has 0 saturated carbocycles. The molecular weight excluding hydrogens is 511 g/mol. The van der Waals surface area contributed by atoms with Crippen LogP contribution in [0.25, 0.3) is 0 Å². The first kappa shape index (κ1) is 29.7. The Morgan fingerprint density at radius 2 is 1.95 bits per heavy atom. The van der Waals surface area contributed by atoms with Crippen molar-refractivity contribution in [1.29, 1.82) is 0 Å². The Labute approximate surface area is 234 Å². The van der Waals surface area contributed by atoms with Crippen LogP contribution >= 0.6 is 0 Å². The molecule has 0 unspecified atom stereocenters. The average molecular weight is 557 g/mol. The summed E-state index contributed by atoms with van der Waals surface area (Å²) in [5, 5.41) is 9.80. The van der Waals surface area contributed by atoms with E-state index in [9.17, 15) is 14.7 Å². The number of hydrogen-bond donors (Lipinski definition) is 1. The maximum Gasteiger partial charge on any atom is 0.264 e. The predicted octanol–water partition coefficient (Wildman–Crippen LogP) is 6.40. The molecule has 214 valence electrons. The molecule has 1 aromatic carbocycles. The highest BCUT2D eigenvalue weighted by Gasteiger charge is 2.66. The first-order valence-electron chi connectivity index (χ1n) is 14.4. The summed E-state index contributed by atoms with van der Waals surface area (Å²) < 4.78 is 22.4. The van der Waals surface area contributed by atoms with Gasteiger partial charge in [-0.3, -0.25) is 9.59 Å². The number of amides is 2. The summed E-state index contributed by atoms with van der Waals surface area (Å²) in [5.74, 6) is -0.503. The Balaban J connectivity index is 1.77. The van der Waals surface area contributed by atoms with E-state index >= 15 is 4.11 Å². The lowest BCUT2D eigenvalue weighted by Gasteiger charge is -2.32. The van der Waals surface area contributed by atoms with Gasteiger partial charge in [0.2, 0.25) is 14.3 Å². The third-order valence-corrected chi connectivity index (χ3v) is 11.2. The second kappa shape index (κ2) is 11.7. The molecule has 1 aromatic rings. The lowest BCUT2D eigenvalue weighted by Crippen LogP contribution is -2.45. The summed E-state index contributed by atoms with van der Waals surface area (Å²) in [7, 11) is -3.26. The fourth-order valence-electron chi connectivity index (χ4n) is 6.80. The monoisotopic (exact) mass is 556 g/mol. The molecule has 0 aromatic heterocycles. The Hall–Kier alpha value is -2.29. The largest absolute Gasteiger partial charge is 0.396 e. The van der Waals surface area contributed by atoms with E-state index in [0.717, 1.165) is 42.6 Å². The van der Waals surface area contributed by atoms with Crippen molar-refractivity contribution >= 4 is 31.6 Å². The second-order valence-electron chi connectivity index (χ2n) is 12.3. The zero-order chi connectivity index (χ0) is 28.5. The molecular formula is C31H45FN2O4Si. The molecule has 2 fully saturated rings. The maximum absolute atomic E-state index is 15.8.